The van der Waals surface area contributed by atoms with E-state index in [0.29, 0.717) is 0 Å². The van der Waals surface area contributed by atoms with Crippen molar-refractivity contribution < 1.29 is 18.7 Å². The summed E-state index contributed by atoms with van der Waals surface area (Å²) in [4.78, 5) is 9.83. The summed E-state index contributed by atoms with van der Waals surface area (Å²) in [6, 6.07) is 8.83. The van der Waals surface area contributed by atoms with Crippen molar-refractivity contribution in [2.24, 2.45) is 5.92 Å². The van der Waals surface area contributed by atoms with Crippen LogP contribution in [0.25, 0.3) is 0 Å². The Morgan fingerprint density at radius 3 is 2.74 bits per heavy atom. The minimum Gasteiger partial charge on any atom is -0.382 e. The van der Waals surface area contributed by atoms with Crippen molar-refractivity contribution in [3.8, 4) is 0 Å². The van der Waals surface area contributed by atoms with Crippen molar-refractivity contribution in [2.45, 2.75) is 31.6 Å². The van der Waals surface area contributed by atoms with Gasteiger partial charge in [-0.3, -0.25) is 4.57 Å². The molecule has 4 atom stereocenters. The summed E-state index contributed by atoms with van der Waals surface area (Å²) >= 11 is 0. The fraction of sp³-hybridized carbons (Fsp3) is 0.538. The monoisotopic (exact) mass is 280 g/mol. The lowest BCUT2D eigenvalue weighted by Gasteiger charge is -2.18. The molecule has 0 aromatic heterocycles. The molecule has 19 heavy (non-hydrogen) atoms. The Labute approximate surface area is 115 Å². The van der Waals surface area contributed by atoms with Crippen LogP contribution >= 0.6 is 7.60 Å². The molecular formula is C13H18BO4P. The van der Waals surface area contributed by atoms with Gasteiger partial charge >= 0.3 is 7.60 Å². The molecule has 1 N–H and O–H groups in total. The van der Waals surface area contributed by atoms with E-state index in [9.17, 15) is 9.46 Å². The molecule has 0 aliphatic carbocycles. The maximum atomic E-state index is 12.0. The van der Waals surface area contributed by atoms with Crippen LogP contribution in [-0.2, 0) is 20.0 Å². The zero-order valence-electron chi connectivity index (χ0n) is 10.9. The Hall–Kier alpha value is -0.605. The Balaban J connectivity index is 1.86. The van der Waals surface area contributed by atoms with E-state index in [1.54, 1.807) is 12.1 Å². The zero-order chi connectivity index (χ0) is 13.9. The van der Waals surface area contributed by atoms with Crippen molar-refractivity contribution in [1.29, 1.82) is 0 Å². The molecule has 4 nitrogen and oxygen atoms in total. The summed E-state index contributed by atoms with van der Waals surface area (Å²) in [5.41, 5.74) is 0.783. The van der Waals surface area contributed by atoms with Crippen LogP contribution in [0.4, 0.5) is 0 Å². The average molecular weight is 280 g/mol. The van der Waals surface area contributed by atoms with E-state index in [1.807, 2.05) is 25.1 Å². The molecule has 1 heterocycles. The van der Waals surface area contributed by atoms with Gasteiger partial charge in [0.05, 0.1) is 18.9 Å². The highest BCUT2D eigenvalue weighted by molar-refractivity contribution is 7.51. The Morgan fingerprint density at radius 1 is 1.47 bits per heavy atom. The van der Waals surface area contributed by atoms with Crippen molar-refractivity contribution in [2.75, 3.05) is 6.61 Å². The molecule has 0 bridgehead atoms. The van der Waals surface area contributed by atoms with Gasteiger partial charge in [-0.15, -0.1) is 0 Å². The first-order valence-corrected chi connectivity index (χ1v) is 8.14. The lowest BCUT2D eigenvalue weighted by Crippen LogP contribution is -2.20. The fourth-order valence-corrected chi connectivity index (χ4v) is 3.33. The lowest BCUT2D eigenvalue weighted by atomic mass is 9.92. The van der Waals surface area contributed by atoms with Crippen LogP contribution in [-0.4, -0.2) is 31.5 Å². The van der Waals surface area contributed by atoms with Crippen LogP contribution in [0, 0.1) is 5.92 Å². The maximum absolute atomic E-state index is 12.0. The maximum Gasteiger partial charge on any atom is 0.332 e. The predicted molar refractivity (Wildman–Crippen MR) is 74.1 cm³/mol. The number of hydrogen-bond acceptors (Lipinski definition) is 3. The first kappa shape index (κ1) is 14.8. The molecule has 1 aliphatic rings. The topological polar surface area (TPSA) is 55.8 Å². The third-order valence-corrected chi connectivity index (χ3v) is 4.57. The summed E-state index contributed by atoms with van der Waals surface area (Å²) in [6.45, 7) is 2.11. The van der Waals surface area contributed by atoms with Crippen LogP contribution in [0.15, 0.2) is 30.3 Å². The van der Waals surface area contributed by atoms with Crippen molar-refractivity contribution in [1.82, 2.24) is 0 Å². The van der Waals surface area contributed by atoms with E-state index in [0.717, 1.165) is 12.0 Å². The molecular weight excluding hydrogens is 262 g/mol. The minimum absolute atomic E-state index is 0.0149. The zero-order valence-corrected chi connectivity index (χ0v) is 11.8. The van der Waals surface area contributed by atoms with E-state index >= 15 is 0 Å². The fourth-order valence-electron chi connectivity index (χ4n) is 2.19. The normalized spacial score (nSPS) is 30.1. The van der Waals surface area contributed by atoms with Crippen molar-refractivity contribution in [3.63, 3.8) is 0 Å². The minimum atomic E-state index is -3.63. The molecule has 2 rings (SSSR count). The van der Waals surface area contributed by atoms with E-state index in [4.69, 9.17) is 17.1 Å². The molecule has 1 aromatic carbocycles. The molecule has 6 heteroatoms. The van der Waals surface area contributed by atoms with Crippen molar-refractivity contribution >= 4 is 15.4 Å². The Bertz CT molecular complexity index is 453. The second kappa shape index (κ2) is 6.23. The number of benzene rings is 1. The van der Waals surface area contributed by atoms with Gasteiger partial charge in [0.1, 0.15) is 7.85 Å². The van der Waals surface area contributed by atoms with Crippen LogP contribution in [0.5, 0.6) is 0 Å². The van der Waals surface area contributed by atoms with Crippen LogP contribution in [0.3, 0.4) is 0 Å². The smallest absolute Gasteiger partial charge is 0.332 e. The van der Waals surface area contributed by atoms with Crippen LogP contribution < -0.4 is 0 Å². The van der Waals surface area contributed by atoms with E-state index in [-0.39, 0.29) is 30.8 Å². The average Bonchev–Trinajstić information content (AvgIpc) is 2.66. The van der Waals surface area contributed by atoms with E-state index < -0.39 is 7.60 Å². The standard InChI is InChI=1S/C13H18BO4P/c1-10-7-13(14)18-12(10)8-17-19(15,16)9-11-5-3-2-4-6-11/h2-6,10,12-13H,7-9H2,1H3,(H,15,16)/t10?,12-,13-/m1/s1. The summed E-state index contributed by atoms with van der Waals surface area (Å²) in [5, 5.41) is 0. The number of ether oxygens (including phenoxy) is 1. The summed E-state index contributed by atoms with van der Waals surface area (Å²) in [5.74, 6) is 0.242. The van der Waals surface area contributed by atoms with Gasteiger partial charge in [0.2, 0.25) is 0 Å². The molecule has 2 unspecified atom stereocenters. The quantitative estimate of drug-likeness (QED) is 0.664. The van der Waals surface area contributed by atoms with Gasteiger partial charge in [-0.05, 0) is 17.9 Å². The van der Waals surface area contributed by atoms with Gasteiger partial charge in [0.15, 0.2) is 0 Å². The van der Waals surface area contributed by atoms with Gasteiger partial charge in [-0.1, -0.05) is 37.3 Å². The highest BCUT2D eigenvalue weighted by atomic mass is 31.2. The number of hydrogen-bond donors (Lipinski definition) is 1. The third-order valence-electron chi connectivity index (χ3n) is 3.25. The molecule has 0 spiro atoms. The molecule has 1 aromatic rings. The largest absolute Gasteiger partial charge is 0.382 e. The van der Waals surface area contributed by atoms with E-state index in [1.165, 1.54) is 0 Å². The molecule has 0 amide bonds. The summed E-state index contributed by atoms with van der Waals surface area (Å²) in [7, 11) is 2.04. The second-order valence-electron chi connectivity index (χ2n) is 5.00. The Morgan fingerprint density at radius 2 is 2.16 bits per heavy atom. The molecule has 1 fully saturated rings. The molecule has 2 radical (unpaired) electrons. The Kier molecular flexibility index (Phi) is 4.85. The highest BCUT2D eigenvalue weighted by Gasteiger charge is 2.31. The summed E-state index contributed by atoms with van der Waals surface area (Å²) in [6.07, 6.45) is 0.565. The predicted octanol–water partition coefficient (Wildman–Crippen LogP) is 2.31. The van der Waals surface area contributed by atoms with Gasteiger partial charge in [0.25, 0.3) is 0 Å². The molecule has 0 saturated carbocycles. The first-order chi connectivity index (χ1) is 8.96. The van der Waals surface area contributed by atoms with Crippen molar-refractivity contribution in [3.05, 3.63) is 35.9 Å². The van der Waals surface area contributed by atoms with Crippen LogP contribution in [0.2, 0.25) is 0 Å². The van der Waals surface area contributed by atoms with Crippen LogP contribution in [0.1, 0.15) is 18.9 Å². The number of rotatable bonds is 5. The lowest BCUT2D eigenvalue weighted by molar-refractivity contribution is 0.0337. The third kappa shape index (κ3) is 4.46. The molecule has 1 saturated heterocycles. The molecule has 1 aliphatic heterocycles. The highest BCUT2D eigenvalue weighted by Crippen LogP contribution is 2.46. The van der Waals surface area contributed by atoms with Gasteiger partial charge in [-0.25, -0.2) is 0 Å². The second-order valence-corrected chi connectivity index (χ2v) is 6.85. The van der Waals surface area contributed by atoms with Gasteiger partial charge < -0.3 is 14.2 Å². The molecule has 102 valence electrons. The van der Waals surface area contributed by atoms with Gasteiger partial charge in [0, 0.05) is 6.00 Å². The van der Waals surface area contributed by atoms with E-state index in [2.05, 4.69) is 0 Å². The van der Waals surface area contributed by atoms with Gasteiger partial charge in [-0.2, -0.15) is 0 Å². The first-order valence-electron chi connectivity index (χ1n) is 6.37. The summed E-state index contributed by atoms with van der Waals surface area (Å²) < 4.78 is 22.6. The SMILES string of the molecule is [B][C@H]1CC(C)[C@@H](COP(=O)(O)Cc2ccccc2)O1.